The van der Waals surface area contributed by atoms with E-state index < -0.39 is 15.6 Å². The first-order chi connectivity index (χ1) is 12.9. The van der Waals surface area contributed by atoms with Crippen molar-refractivity contribution < 1.29 is 12.9 Å². The molecule has 0 saturated heterocycles. The lowest BCUT2D eigenvalue weighted by molar-refractivity contribution is 0.229. The minimum absolute atomic E-state index is 0.103. The lowest BCUT2D eigenvalue weighted by atomic mass is 9.77. The van der Waals surface area contributed by atoms with Crippen molar-refractivity contribution in [1.29, 1.82) is 0 Å². The first-order valence-corrected chi connectivity index (χ1v) is 10.1. The van der Waals surface area contributed by atoms with Crippen molar-refractivity contribution in [3.8, 4) is 11.5 Å². The lowest BCUT2D eigenvalue weighted by Crippen LogP contribution is -2.44. The third-order valence-electron chi connectivity index (χ3n) is 4.99. The lowest BCUT2D eigenvalue weighted by Gasteiger charge is -2.34. The fourth-order valence-corrected chi connectivity index (χ4v) is 4.49. The van der Waals surface area contributed by atoms with Crippen LogP contribution in [0.15, 0.2) is 64.0 Å². The smallest absolute Gasteiger partial charge is 0.264 e. The van der Waals surface area contributed by atoms with E-state index in [9.17, 15) is 8.42 Å². The predicted molar refractivity (Wildman–Crippen MR) is 101 cm³/mol. The number of rotatable bonds is 5. The maximum Gasteiger partial charge on any atom is 0.264 e. The minimum atomic E-state index is -3.81. The molecule has 2 aromatic carbocycles. The highest BCUT2D eigenvalue weighted by molar-refractivity contribution is 7.93. The van der Waals surface area contributed by atoms with Crippen molar-refractivity contribution in [2.45, 2.75) is 29.7 Å². The molecule has 1 aliphatic carbocycles. The van der Waals surface area contributed by atoms with Crippen molar-refractivity contribution in [3.05, 3.63) is 60.4 Å². The fraction of sp³-hybridized carbons (Fsp3) is 0.263. The highest BCUT2D eigenvalue weighted by atomic mass is 32.2. The molecule has 0 amide bonds. The van der Waals surface area contributed by atoms with Gasteiger partial charge in [0.2, 0.25) is 0 Å². The van der Waals surface area contributed by atoms with E-state index >= 15 is 0 Å². The molecule has 7 nitrogen and oxygen atoms in total. The topological polar surface area (TPSA) is 102 Å². The Morgan fingerprint density at radius 3 is 2.41 bits per heavy atom. The molecule has 1 aromatic heterocycles. The van der Waals surface area contributed by atoms with Crippen LogP contribution in [0.1, 0.15) is 25.1 Å². The Labute approximate surface area is 157 Å². The summed E-state index contributed by atoms with van der Waals surface area (Å²) in [5.74, 6) is 0.578. The SMILES string of the molecule is CN(c1ccccc1)S(=O)(=O)c1ccccc1-c1nc(C2(N)CCC2)no1. The Morgan fingerprint density at radius 2 is 1.74 bits per heavy atom. The van der Waals surface area contributed by atoms with Gasteiger partial charge in [0.05, 0.1) is 16.8 Å². The molecule has 4 rings (SSSR count). The standard InChI is InChI=1S/C19H20N4O3S/c1-23(14-8-3-2-4-9-14)27(24,25)16-11-6-5-10-15(16)17-21-18(22-26-17)19(20)12-7-13-19/h2-6,8-11H,7,12-13,20H2,1H3. The Hall–Kier alpha value is -2.71. The summed E-state index contributed by atoms with van der Waals surface area (Å²) in [6, 6.07) is 15.5. The zero-order valence-electron chi connectivity index (χ0n) is 14.9. The van der Waals surface area contributed by atoms with E-state index in [4.69, 9.17) is 10.3 Å². The van der Waals surface area contributed by atoms with Crippen LogP contribution in [0, 0.1) is 0 Å². The van der Waals surface area contributed by atoms with E-state index in [0.717, 1.165) is 19.3 Å². The third kappa shape index (κ3) is 3.00. The fourth-order valence-electron chi connectivity index (χ4n) is 3.11. The first-order valence-electron chi connectivity index (χ1n) is 8.68. The van der Waals surface area contributed by atoms with Crippen molar-refractivity contribution in [2.24, 2.45) is 5.73 Å². The van der Waals surface area contributed by atoms with Gasteiger partial charge in [-0.3, -0.25) is 4.31 Å². The summed E-state index contributed by atoms with van der Waals surface area (Å²) in [5.41, 5.74) is 6.61. The van der Waals surface area contributed by atoms with E-state index in [-0.39, 0.29) is 10.8 Å². The van der Waals surface area contributed by atoms with Gasteiger partial charge in [0, 0.05) is 7.05 Å². The maximum absolute atomic E-state index is 13.2. The Kier molecular flexibility index (Phi) is 4.24. The van der Waals surface area contributed by atoms with Crippen LogP contribution in [0.5, 0.6) is 0 Å². The van der Waals surface area contributed by atoms with E-state index in [1.54, 1.807) is 42.5 Å². The Morgan fingerprint density at radius 1 is 1.07 bits per heavy atom. The van der Waals surface area contributed by atoms with Gasteiger partial charge in [-0.15, -0.1) is 0 Å². The molecule has 8 heteroatoms. The predicted octanol–water partition coefficient (Wildman–Crippen LogP) is 2.90. The van der Waals surface area contributed by atoms with Crippen LogP contribution in [0.2, 0.25) is 0 Å². The number of benzene rings is 2. The second-order valence-electron chi connectivity index (χ2n) is 6.74. The summed E-state index contributed by atoms with van der Waals surface area (Å²) >= 11 is 0. The average Bonchev–Trinajstić information content (AvgIpc) is 3.16. The van der Waals surface area contributed by atoms with E-state index in [2.05, 4.69) is 10.1 Å². The molecule has 1 saturated carbocycles. The molecule has 0 radical (unpaired) electrons. The van der Waals surface area contributed by atoms with Gasteiger partial charge >= 0.3 is 0 Å². The van der Waals surface area contributed by atoms with Crippen LogP contribution in [-0.4, -0.2) is 25.6 Å². The molecule has 1 heterocycles. The van der Waals surface area contributed by atoms with Crippen molar-refractivity contribution >= 4 is 15.7 Å². The summed E-state index contributed by atoms with van der Waals surface area (Å²) in [6.45, 7) is 0. The normalized spacial score (nSPS) is 15.9. The largest absolute Gasteiger partial charge is 0.334 e. The summed E-state index contributed by atoms with van der Waals surface area (Å²) < 4.78 is 33.0. The van der Waals surface area contributed by atoms with Crippen LogP contribution in [0.3, 0.4) is 0 Å². The molecule has 3 aromatic rings. The van der Waals surface area contributed by atoms with Crippen LogP contribution in [0.4, 0.5) is 5.69 Å². The summed E-state index contributed by atoms with van der Waals surface area (Å²) in [5, 5.41) is 3.99. The van der Waals surface area contributed by atoms with Gasteiger partial charge in [0.25, 0.3) is 15.9 Å². The molecular weight excluding hydrogens is 364 g/mol. The van der Waals surface area contributed by atoms with Gasteiger partial charge in [-0.2, -0.15) is 4.98 Å². The molecule has 0 unspecified atom stereocenters. The number of hydrogen-bond donors (Lipinski definition) is 1. The molecule has 0 spiro atoms. The molecular formula is C19H20N4O3S. The average molecular weight is 384 g/mol. The molecule has 0 aliphatic heterocycles. The maximum atomic E-state index is 13.2. The zero-order valence-corrected chi connectivity index (χ0v) is 15.7. The van der Waals surface area contributed by atoms with E-state index in [0.29, 0.717) is 17.1 Å². The minimum Gasteiger partial charge on any atom is -0.334 e. The van der Waals surface area contributed by atoms with Gasteiger partial charge < -0.3 is 10.3 Å². The van der Waals surface area contributed by atoms with Gasteiger partial charge in [-0.05, 0) is 43.5 Å². The number of hydrogen-bond acceptors (Lipinski definition) is 6. The van der Waals surface area contributed by atoms with Gasteiger partial charge in [-0.1, -0.05) is 35.5 Å². The van der Waals surface area contributed by atoms with Crippen LogP contribution < -0.4 is 10.0 Å². The number of nitrogens with two attached hydrogens (primary N) is 1. The van der Waals surface area contributed by atoms with Gasteiger partial charge in [-0.25, -0.2) is 8.42 Å². The zero-order chi connectivity index (χ0) is 19.1. The van der Waals surface area contributed by atoms with Crippen molar-refractivity contribution in [3.63, 3.8) is 0 Å². The molecule has 2 N–H and O–H groups in total. The quantitative estimate of drug-likeness (QED) is 0.726. The van der Waals surface area contributed by atoms with E-state index in [1.807, 2.05) is 6.07 Å². The monoisotopic (exact) mass is 384 g/mol. The summed E-state index contributed by atoms with van der Waals surface area (Å²) in [6.07, 6.45) is 2.61. The third-order valence-corrected chi connectivity index (χ3v) is 6.84. The number of anilines is 1. The summed E-state index contributed by atoms with van der Waals surface area (Å²) in [7, 11) is -2.30. The second-order valence-corrected chi connectivity index (χ2v) is 8.67. The van der Waals surface area contributed by atoms with Crippen LogP contribution >= 0.6 is 0 Å². The number of sulfonamides is 1. The summed E-state index contributed by atoms with van der Waals surface area (Å²) in [4.78, 5) is 4.50. The first kappa shape index (κ1) is 17.7. The number of nitrogens with zero attached hydrogens (tertiary/aromatic N) is 3. The Bertz CT molecular complexity index is 1060. The van der Waals surface area contributed by atoms with Gasteiger partial charge in [0.15, 0.2) is 5.82 Å². The highest BCUT2D eigenvalue weighted by Crippen LogP contribution is 2.38. The highest BCUT2D eigenvalue weighted by Gasteiger charge is 2.39. The number of aromatic nitrogens is 2. The van der Waals surface area contributed by atoms with Gasteiger partial charge in [0.1, 0.15) is 4.90 Å². The molecule has 140 valence electrons. The second kappa shape index (κ2) is 6.47. The molecule has 1 fully saturated rings. The van der Waals surface area contributed by atoms with Crippen molar-refractivity contribution in [1.82, 2.24) is 10.1 Å². The number of para-hydroxylation sites is 1. The molecule has 0 bridgehead atoms. The van der Waals surface area contributed by atoms with Crippen molar-refractivity contribution in [2.75, 3.05) is 11.4 Å². The Balaban J connectivity index is 1.75. The van der Waals surface area contributed by atoms with Crippen LogP contribution in [-0.2, 0) is 15.6 Å². The van der Waals surface area contributed by atoms with E-state index in [1.165, 1.54) is 17.4 Å². The van der Waals surface area contributed by atoms with Crippen LogP contribution in [0.25, 0.3) is 11.5 Å². The molecule has 0 atom stereocenters. The molecule has 1 aliphatic rings. The molecule has 27 heavy (non-hydrogen) atoms.